The molecule has 4 nitrogen and oxygen atoms in total. The molecule has 3 heterocycles. The van der Waals surface area contributed by atoms with E-state index >= 15 is 0 Å². The van der Waals surface area contributed by atoms with E-state index in [0.717, 1.165) is 42.6 Å². The third-order valence-electron chi connectivity index (χ3n) is 5.77. The van der Waals surface area contributed by atoms with Gasteiger partial charge in [0, 0.05) is 20.7 Å². The van der Waals surface area contributed by atoms with E-state index in [4.69, 9.17) is 10.7 Å². The van der Waals surface area contributed by atoms with Gasteiger partial charge in [0.2, 0.25) is 0 Å². The number of anilines is 3. The molecule has 1 aliphatic rings. The number of para-hydroxylation sites is 2. The van der Waals surface area contributed by atoms with Gasteiger partial charge < -0.3 is 5.73 Å². The Balaban J connectivity index is 1.47. The quantitative estimate of drug-likeness (QED) is 0.297. The Bertz CT molecular complexity index is 1490. The molecule has 0 unspecified atom stereocenters. The monoisotopic (exact) mass is 465 g/mol. The summed E-state index contributed by atoms with van der Waals surface area (Å²) in [6.45, 7) is 2.06. The second kappa shape index (κ2) is 7.76. The van der Waals surface area contributed by atoms with Gasteiger partial charge in [-0.05, 0) is 43.3 Å². The van der Waals surface area contributed by atoms with Crippen LogP contribution in [0.5, 0.6) is 0 Å². The lowest BCUT2D eigenvalue weighted by atomic mass is 10.1. The van der Waals surface area contributed by atoms with E-state index < -0.39 is 0 Å². The fraction of sp³-hybridized carbons (Fsp3) is 0.0370. The van der Waals surface area contributed by atoms with Gasteiger partial charge in [-0.25, -0.2) is 4.98 Å². The van der Waals surface area contributed by atoms with Crippen LogP contribution in [0.4, 0.5) is 17.1 Å². The molecule has 0 aliphatic carbocycles. The van der Waals surface area contributed by atoms with E-state index in [2.05, 4.69) is 31.2 Å². The average molecular weight is 466 g/mol. The Morgan fingerprint density at radius 3 is 2.15 bits per heavy atom. The van der Waals surface area contributed by atoms with Crippen molar-refractivity contribution in [3.05, 3.63) is 95.4 Å². The van der Waals surface area contributed by atoms with Gasteiger partial charge in [-0.1, -0.05) is 65.9 Å². The molecule has 160 valence electrons. The minimum absolute atomic E-state index is 0.132. The Morgan fingerprint density at radius 2 is 1.48 bits per heavy atom. The molecular formula is C27H19N3OS2. The van der Waals surface area contributed by atoms with Crippen LogP contribution in [-0.2, 0) is 0 Å². The maximum atomic E-state index is 13.9. The topological polar surface area (TPSA) is 59.2 Å². The van der Waals surface area contributed by atoms with Crippen LogP contribution in [0, 0.1) is 6.92 Å². The molecule has 6 heteroatoms. The smallest absolute Gasteiger partial charge is 0.275 e. The first-order chi connectivity index (χ1) is 16.1. The van der Waals surface area contributed by atoms with Gasteiger partial charge in [-0.15, -0.1) is 11.3 Å². The highest BCUT2D eigenvalue weighted by Gasteiger charge is 2.31. The van der Waals surface area contributed by atoms with Crippen LogP contribution in [0.2, 0.25) is 0 Å². The van der Waals surface area contributed by atoms with Gasteiger partial charge in [-0.2, -0.15) is 0 Å². The van der Waals surface area contributed by atoms with E-state index in [1.165, 1.54) is 16.9 Å². The van der Waals surface area contributed by atoms with E-state index in [1.54, 1.807) is 16.7 Å². The van der Waals surface area contributed by atoms with Gasteiger partial charge in [-0.3, -0.25) is 9.69 Å². The van der Waals surface area contributed by atoms with Crippen molar-refractivity contribution >= 4 is 56.3 Å². The number of thiophene rings is 1. The predicted octanol–water partition coefficient (Wildman–Crippen LogP) is 7.30. The minimum atomic E-state index is -0.132. The summed E-state index contributed by atoms with van der Waals surface area (Å²) < 4.78 is 0. The third kappa shape index (κ3) is 3.30. The van der Waals surface area contributed by atoms with Crippen molar-refractivity contribution in [2.24, 2.45) is 0 Å². The number of nitrogen functional groups attached to an aromatic ring is 1. The van der Waals surface area contributed by atoms with E-state index in [0.29, 0.717) is 10.6 Å². The summed E-state index contributed by atoms with van der Waals surface area (Å²) >= 11 is 3.03. The first-order valence-electron chi connectivity index (χ1n) is 10.6. The molecular weight excluding hydrogens is 446 g/mol. The van der Waals surface area contributed by atoms with Crippen molar-refractivity contribution in [1.82, 2.24) is 4.98 Å². The Labute approximate surface area is 199 Å². The van der Waals surface area contributed by atoms with Gasteiger partial charge in [0.15, 0.2) is 0 Å². The van der Waals surface area contributed by atoms with E-state index in [1.807, 2.05) is 60.7 Å². The number of amides is 1. The van der Waals surface area contributed by atoms with Crippen molar-refractivity contribution in [1.29, 1.82) is 0 Å². The lowest BCUT2D eigenvalue weighted by molar-refractivity contribution is 0.100. The van der Waals surface area contributed by atoms with Gasteiger partial charge in [0.25, 0.3) is 5.91 Å². The Hall–Kier alpha value is -3.61. The van der Waals surface area contributed by atoms with Gasteiger partial charge in [0.05, 0.1) is 22.8 Å². The first-order valence-corrected chi connectivity index (χ1v) is 12.2. The number of fused-ring (bicyclic) bond motifs is 3. The fourth-order valence-corrected chi connectivity index (χ4v) is 6.15. The molecule has 6 rings (SSSR count). The number of pyridine rings is 1. The van der Waals surface area contributed by atoms with Crippen LogP contribution in [0.1, 0.15) is 15.2 Å². The molecule has 3 aromatic carbocycles. The molecule has 33 heavy (non-hydrogen) atoms. The summed E-state index contributed by atoms with van der Waals surface area (Å²) in [7, 11) is 0. The second-order valence-electron chi connectivity index (χ2n) is 7.94. The SMILES string of the molecule is Cc1ccc(-c2ccc3c(N)c(C(=O)N4c5ccccc5Sc5ccccc54)sc3n2)cc1. The molecule has 0 fully saturated rings. The number of carbonyl (C=O) groups excluding carboxylic acids is 1. The van der Waals surface area contributed by atoms with E-state index in [9.17, 15) is 4.79 Å². The maximum Gasteiger partial charge on any atom is 0.275 e. The average Bonchev–Trinajstić information content (AvgIpc) is 3.18. The fourth-order valence-electron chi connectivity index (χ4n) is 4.07. The summed E-state index contributed by atoms with van der Waals surface area (Å²) in [6.07, 6.45) is 0. The zero-order chi connectivity index (χ0) is 22.5. The normalized spacial score (nSPS) is 12.5. The van der Waals surface area contributed by atoms with Crippen LogP contribution in [-0.4, -0.2) is 10.9 Å². The van der Waals surface area contributed by atoms with Crippen LogP contribution in [0.25, 0.3) is 21.5 Å². The molecule has 2 N–H and O–H groups in total. The summed E-state index contributed by atoms with van der Waals surface area (Å²) in [5.74, 6) is -0.132. The van der Waals surface area contributed by atoms with Crippen molar-refractivity contribution in [2.75, 3.05) is 10.6 Å². The van der Waals surface area contributed by atoms with Gasteiger partial charge in [0.1, 0.15) is 9.71 Å². The molecule has 1 amide bonds. The third-order valence-corrected chi connectivity index (χ3v) is 8.00. The molecule has 0 saturated carbocycles. The molecule has 0 bridgehead atoms. The Morgan fingerprint density at radius 1 is 0.848 bits per heavy atom. The number of aryl methyl sites for hydroxylation is 1. The second-order valence-corrected chi connectivity index (χ2v) is 10.0. The highest BCUT2D eigenvalue weighted by Crippen LogP contribution is 2.49. The number of benzene rings is 3. The van der Waals surface area contributed by atoms with Crippen molar-refractivity contribution < 1.29 is 4.79 Å². The lowest BCUT2D eigenvalue weighted by Gasteiger charge is -2.30. The van der Waals surface area contributed by atoms with Crippen molar-refractivity contribution in [3.63, 3.8) is 0 Å². The highest BCUT2D eigenvalue weighted by atomic mass is 32.2. The zero-order valence-electron chi connectivity index (χ0n) is 17.8. The lowest BCUT2D eigenvalue weighted by Crippen LogP contribution is -2.28. The summed E-state index contributed by atoms with van der Waals surface area (Å²) in [6, 6.07) is 28.1. The van der Waals surface area contributed by atoms with Crippen LogP contribution in [0.3, 0.4) is 0 Å². The number of hydrogen-bond donors (Lipinski definition) is 1. The predicted molar refractivity (Wildman–Crippen MR) is 138 cm³/mol. The molecule has 0 atom stereocenters. The summed E-state index contributed by atoms with van der Waals surface area (Å²) in [4.78, 5) is 23.9. The number of rotatable bonds is 2. The number of aromatic nitrogens is 1. The molecule has 5 aromatic rings. The molecule has 1 aliphatic heterocycles. The zero-order valence-corrected chi connectivity index (χ0v) is 19.4. The van der Waals surface area contributed by atoms with Crippen LogP contribution >= 0.6 is 23.1 Å². The number of nitrogens with zero attached hydrogens (tertiary/aromatic N) is 2. The summed E-state index contributed by atoms with van der Waals surface area (Å²) in [5.41, 5.74) is 11.8. The van der Waals surface area contributed by atoms with E-state index in [-0.39, 0.29) is 5.91 Å². The molecule has 2 aromatic heterocycles. The van der Waals surface area contributed by atoms with Crippen LogP contribution < -0.4 is 10.6 Å². The molecule has 0 saturated heterocycles. The van der Waals surface area contributed by atoms with Gasteiger partial charge >= 0.3 is 0 Å². The maximum absolute atomic E-state index is 13.9. The van der Waals surface area contributed by atoms with Crippen LogP contribution in [0.15, 0.2) is 94.7 Å². The van der Waals surface area contributed by atoms with Crippen molar-refractivity contribution in [2.45, 2.75) is 16.7 Å². The number of hydrogen-bond acceptors (Lipinski definition) is 5. The summed E-state index contributed by atoms with van der Waals surface area (Å²) in [5, 5.41) is 0.812. The van der Waals surface area contributed by atoms with Crippen molar-refractivity contribution in [3.8, 4) is 11.3 Å². The first kappa shape index (κ1) is 20.0. The molecule has 0 spiro atoms. The number of carbonyl (C=O) groups is 1. The largest absolute Gasteiger partial charge is 0.397 e. The number of nitrogens with two attached hydrogens (primary N) is 1. The highest BCUT2D eigenvalue weighted by molar-refractivity contribution is 7.99. The minimum Gasteiger partial charge on any atom is -0.397 e. The molecule has 0 radical (unpaired) electrons. The Kier molecular flexibility index (Phi) is 4.71. The standard InChI is InChI=1S/C27H19N3OS2/c1-16-10-12-17(13-11-16)19-15-14-18-24(28)25(33-26(18)29-19)27(31)30-20-6-2-4-8-22(20)32-23-9-5-3-7-21(23)30/h2-15H,28H2,1H3.